The molecule has 6 heteroatoms. The highest BCUT2D eigenvalue weighted by Crippen LogP contribution is 2.28. The number of rotatable bonds is 2. The Balaban J connectivity index is 2.13. The van der Waals surface area contributed by atoms with E-state index in [4.69, 9.17) is 4.74 Å². The van der Waals surface area contributed by atoms with Gasteiger partial charge in [0.25, 0.3) is 0 Å². The first-order valence-electron chi connectivity index (χ1n) is 4.98. The van der Waals surface area contributed by atoms with E-state index >= 15 is 0 Å². The van der Waals surface area contributed by atoms with Crippen LogP contribution in [0.15, 0.2) is 28.4 Å². The van der Waals surface area contributed by atoms with Crippen LogP contribution in [0.2, 0.25) is 0 Å². The lowest BCUT2D eigenvalue weighted by molar-refractivity contribution is 0.401. The number of fused-ring (bicyclic) bond motifs is 1. The maximum absolute atomic E-state index is 11.1. The van der Waals surface area contributed by atoms with Crippen molar-refractivity contribution in [3.8, 4) is 16.5 Å². The maximum atomic E-state index is 11.1. The van der Waals surface area contributed by atoms with Gasteiger partial charge in [-0.05, 0) is 18.2 Å². The van der Waals surface area contributed by atoms with E-state index in [0.717, 1.165) is 21.6 Å². The molecular formula is C11H9N3O2S. The molecule has 0 bridgehead atoms. The molecule has 2 heterocycles. The zero-order chi connectivity index (χ0) is 11.8. The molecule has 0 atom stereocenters. The molecular weight excluding hydrogens is 238 g/mol. The van der Waals surface area contributed by atoms with Crippen molar-refractivity contribution in [1.82, 2.24) is 15.0 Å². The summed E-state index contributed by atoms with van der Waals surface area (Å²) in [6.07, 6.45) is 0. The number of imidazole rings is 1. The first-order chi connectivity index (χ1) is 8.26. The molecule has 86 valence electrons. The van der Waals surface area contributed by atoms with Gasteiger partial charge in [-0.3, -0.25) is 0 Å². The summed E-state index contributed by atoms with van der Waals surface area (Å²) in [5, 5.41) is 2.71. The largest absolute Gasteiger partial charge is 0.480 e. The van der Waals surface area contributed by atoms with Gasteiger partial charge in [0.1, 0.15) is 5.01 Å². The van der Waals surface area contributed by atoms with E-state index in [0.29, 0.717) is 5.88 Å². The number of methoxy groups -OCH3 is 1. The van der Waals surface area contributed by atoms with Crippen LogP contribution in [-0.4, -0.2) is 22.1 Å². The molecule has 1 aromatic carbocycles. The molecule has 0 fully saturated rings. The highest BCUT2D eigenvalue weighted by Gasteiger charge is 2.06. The van der Waals surface area contributed by atoms with Crippen LogP contribution in [0.25, 0.3) is 21.6 Å². The van der Waals surface area contributed by atoms with Gasteiger partial charge in [-0.25, -0.2) is 9.78 Å². The molecule has 17 heavy (non-hydrogen) atoms. The summed E-state index contributed by atoms with van der Waals surface area (Å²) in [5.74, 6) is 0.604. The number of aromatic amines is 2. The number of ether oxygens (including phenoxy) is 1. The van der Waals surface area contributed by atoms with Gasteiger partial charge in [0, 0.05) is 5.56 Å². The van der Waals surface area contributed by atoms with Crippen LogP contribution in [-0.2, 0) is 0 Å². The van der Waals surface area contributed by atoms with E-state index in [2.05, 4.69) is 15.0 Å². The highest BCUT2D eigenvalue weighted by atomic mass is 32.1. The molecule has 0 aliphatic carbocycles. The summed E-state index contributed by atoms with van der Waals surface area (Å²) in [4.78, 5) is 20.9. The van der Waals surface area contributed by atoms with Crippen molar-refractivity contribution in [3.63, 3.8) is 0 Å². The predicted molar refractivity (Wildman–Crippen MR) is 66.6 cm³/mol. The minimum atomic E-state index is -0.200. The molecule has 2 N–H and O–H groups in total. The number of H-pyrrole nitrogens is 2. The van der Waals surface area contributed by atoms with Crippen molar-refractivity contribution in [2.45, 2.75) is 0 Å². The molecule has 3 aromatic rings. The molecule has 0 radical (unpaired) electrons. The zero-order valence-electron chi connectivity index (χ0n) is 8.98. The normalized spacial score (nSPS) is 10.9. The van der Waals surface area contributed by atoms with Gasteiger partial charge in [-0.15, -0.1) is 11.3 Å². The monoisotopic (exact) mass is 247 g/mol. The van der Waals surface area contributed by atoms with Gasteiger partial charge in [0.2, 0.25) is 5.88 Å². The van der Waals surface area contributed by atoms with Gasteiger partial charge < -0.3 is 14.7 Å². The van der Waals surface area contributed by atoms with Gasteiger partial charge in [0.15, 0.2) is 0 Å². The minimum absolute atomic E-state index is 0.200. The van der Waals surface area contributed by atoms with Gasteiger partial charge in [0.05, 0.1) is 23.5 Å². The first kappa shape index (κ1) is 10.1. The van der Waals surface area contributed by atoms with E-state index < -0.39 is 0 Å². The van der Waals surface area contributed by atoms with Crippen LogP contribution >= 0.6 is 11.3 Å². The fourth-order valence-electron chi connectivity index (χ4n) is 1.65. The second kappa shape index (κ2) is 3.74. The van der Waals surface area contributed by atoms with Gasteiger partial charge in [-0.2, -0.15) is 0 Å². The van der Waals surface area contributed by atoms with Crippen molar-refractivity contribution >= 4 is 22.4 Å². The quantitative estimate of drug-likeness (QED) is 0.727. The second-order valence-corrected chi connectivity index (χ2v) is 4.39. The summed E-state index contributed by atoms with van der Waals surface area (Å²) in [6, 6.07) is 5.67. The van der Waals surface area contributed by atoms with E-state index in [1.807, 2.05) is 23.6 Å². The first-order valence-corrected chi connectivity index (χ1v) is 5.86. The van der Waals surface area contributed by atoms with E-state index in [1.165, 1.54) is 11.3 Å². The molecule has 0 saturated heterocycles. The molecule has 0 unspecified atom stereocenters. The maximum Gasteiger partial charge on any atom is 0.323 e. The summed E-state index contributed by atoms with van der Waals surface area (Å²) >= 11 is 1.50. The predicted octanol–water partition coefficient (Wildman–Crippen LogP) is 1.99. The van der Waals surface area contributed by atoms with E-state index in [1.54, 1.807) is 7.11 Å². The lowest BCUT2D eigenvalue weighted by Crippen LogP contribution is -1.99. The Morgan fingerprint density at radius 1 is 1.29 bits per heavy atom. The topological polar surface area (TPSA) is 70.8 Å². The third kappa shape index (κ3) is 1.72. The molecule has 0 spiro atoms. The smallest absolute Gasteiger partial charge is 0.323 e. The van der Waals surface area contributed by atoms with E-state index in [9.17, 15) is 4.79 Å². The summed E-state index contributed by atoms with van der Waals surface area (Å²) < 4.78 is 5.04. The Bertz CT molecular complexity index is 725. The number of benzene rings is 1. The van der Waals surface area contributed by atoms with Crippen LogP contribution in [0.5, 0.6) is 5.88 Å². The number of aromatic nitrogens is 3. The van der Waals surface area contributed by atoms with Crippen LogP contribution < -0.4 is 10.4 Å². The van der Waals surface area contributed by atoms with Crippen molar-refractivity contribution < 1.29 is 4.74 Å². The zero-order valence-corrected chi connectivity index (χ0v) is 9.80. The molecule has 5 nitrogen and oxygen atoms in total. The van der Waals surface area contributed by atoms with E-state index in [-0.39, 0.29) is 5.69 Å². The fraction of sp³-hybridized carbons (Fsp3) is 0.0909. The Kier molecular flexibility index (Phi) is 2.22. The molecule has 2 aromatic heterocycles. The summed E-state index contributed by atoms with van der Waals surface area (Å²) in [6.45, 7) is 0. The third-order valence-electron chi connectivity index (χ3n) is 2.46. The van der Waals surface area contributed by atoms with Crippen molar-refractivity contribution in [3.05, 3.63) is 34.1 Å². The van der Waals surface area contributed by atoms with Crippen molar-refractivity contribution in [2.75, 3.05) is 7.11 Å². The standard InChI is InChI=1S/C11H9N3O2S/c1-16-9-5-17-10(14-9)6-2-3-7-8(4-6)13-11(15)12-7/h2-5H,1H3,(H2,12,13,15). The summed E-state index contributed by atoms with van der Waals surface area (Å²) in [5.41, 5.74) is 2.33. The Morgan fingerprint density at radius 2 is 2.12 bits per heavy atom. The second-order valence-electron chi connectivity index (χ2n) is 3.53. The lowest BCUT2D eigenvalue weighted by atomic mass is 10.2. The number of nitrogens with one attached hydrogen (secondary N) is 2. The van der Waals surface area contributed by atoms with Crippen molar-refractivity contribution in [1.29, 1.82) is 0 Å². The number of thiazole rings is 1. The molecule has 0 saturated carbocycles. The number of nitrogens with zero attached hydrogens (tertiary/aromatic N) is 1. The average Bonchev–Trinajstić information content (AvgIpc) is 2.92. The van der Waals surface area contributed by atoms with Crippen LogP contribution in [0.1, 0.15) is 0 Å². The Labute approximate surface area is 100 Å². The molecule has 0 aliphatic rings. The molecule has 0 amide bonds. The highest BCUT2D eigenvalue weighted by molar-refractivity contribution is 7.13. The lowest BCUT2D eigenvalue weighted by Gasteiger charge is -1.96. The molecule has 0 aliphatic heterocycles. The van der Waals surface area contributed by atoms with Crippen LogP contribution in [0.3, 0.4) is 0 Å². The summed E-state index contributed by atoms with van der Waals surface area (Å²) in [7, 11) is 1.59. The minimum Gasteiger partial charge on any atom is -0.480 e. The van der Waals surface area contributed by atoms with Crippen LogP contribution in [0, 0.1) is 0 Å². The Morgan fingerprint density at radius 3 is 2.88 bits per heavy atom. The van der Waals surface area contributed by atoms with Gasteiger partial charge in [-0.1, -0.05) is 0 Å². The number of hydrogen-bond acceptors (Lipinski definition) is 4. The average molecular weight is 247 g/mol. The van der Waals surface area contributed by atoms with Gasteiger partial charge >= 0.3 is 5.69 Å². The fourth-order valence-corrected chi connectivity index (χ4v) is 2.42. The Hall–Kier alpha value is -2.08. The SMILES string of the molecule is COc1csc(-c2ccc3[nH]c(=O)[nH]c3c2)n1. The third-order valence-corrected chi connectivity index (χ3v) is 3.32. The van der Waals surface area contributed by atoms with Crippen LogP contribution in [0.4, 0.5) is 0 Å². The number of hydrogen-bond donors (Lipinski definition) is 2. The molecule has 3 rings (SSSR count). The van der Waals surface area contributed by atoms with Crippen molar-refractivity contribution in [2.24, 2.45) is 0 Å².